The summed E-state index contributed by atoms with van der Waals surface area (Å²) >= 11 is 18.1. The lowest BCUT2D eigenvalue weighted by Crippen LogP contribution is -2.36. The second kappa shape index (κ2) is 54.1. The molecule has 1 saturated carbocycles. The lowest BCUT2D eigenvalue weighted by molar-refractivity contribution is -0.385. The van der Waals surface area contributed by atoms with E-state index in [9.17, 15) is 44.2 Å². The van der Waals surface area contributed by atoms with Crippen molar-refractivity contribution in [1.29, 1.82) is 0 Å². The maximum absolute atomic E-state index is 12.9. The molecular weight excluding hydrogens is 2590 g/mol. The monoisotopic (exact) mass is 2690 g/mol. The molecule has 1 aliphatic rings. The van der Waals surface area contributed by atoms with Gasteiger partial charge in [-0.2, -0.15) is 0 Å². The molecule has 10 N–H and O–H groups in total. The molecule has 0 aliphatic heterocycles. The van der Waals surface area contributed by atoms with Gasteiger partial charge in [-0.25, -0.2) is 5.48 Å². The first-order valence-corrected chi connectivity index (χ1v) is 51.7. The zero-order valence-corrected chi connectivity index (χ0v) is 92.1. The molecule has 694 valence electrons. The molecule has 134 heavy (non-hydrogen) atoms. The molecule has 0 aromatic heterocycles. The second-order valence-electron chi connectivity index (χ2n) is 31.8. The molecule has 0 atom stereocenters. The third-order valence-corrected chi connectivity index (χ3v) is 26.6. The van der Waals surface area contributed by atoms with Crippen molar-refractivity contribution < 1.29 is 38.7 Å². The summed E-state index contributed by atoms with van der Waals surface area (Å²) in [6, 6.07) is 82.3. The molecular formula is C104H102I8N12O10. The number of rotatable bonds is 29. The Morgan fingerprint density at radius 2 is 0.634 bits per heavy atom. The summed E-state index contributed by atoms with van der Waals surface area (Å²) in [7, 11) is 0. The van der Waals surface area contributed by atoms with Gasteiger partial charge in [-0.05, 0) is 451 Å². The minimum Gasteiger partial charge on any atom is -0.355 e. The van der Waals surface area contributed by atoms with Gasteiger partial charge in [0.05, 0.1) is 72.7 Å². The smallest absolute Gasteiger partial charge is 0.277 e. The molecule has 0 heterocycles. The van der Waals surface area contributed by atoms with E-state index in [1.807, 2.05) is 185 Å². The molecule has 0 unspecified atom stereocenters. The molecule has 14 rings (SSSR count). The number of halogens is 8. The molecule has 22 nitrogen and oxygen atoms in total. The first-order chi connectivity index (χ1) is 64.2. The Hall–Kier alpha value is -9.19. The Morgan fingerprint density at radius 3 is 0.970 bits per heavy atom. The van der Waals surface area contributed by atoms with E-state index in [-0.39, 0.29) is 52.7 Å². The van der Waals surface area contributed by atoms with Gasteiger partial charge in [0.2, 0.25) is 0 Å². The lowest BCUT2D eigenvalue weighted by Gasteiger charge is -2.23. The largest absolute Gasteiger partial charge is 0.355 e. The van der Waals surface area contributed by atoms with Gasteiger partial charge < -0.3 is 47.9 Å². The van der Waals surface area contributed by atoms with Crippen molar-refractivity contribution in [2.45, 2.75) is 132 Å². The second-order valence-corrected chi connectivity index (χ2v) is 41.8. The fourth-order valence-corrected chi connectivity index (χ4v) is 18.8. The van der Waals surface area contributed by atoms with Crippen LogP contribution in [0.25, 0.3) is 0 Å². The molecule has 0 saturated heterocycles. The van der Waals surface area contributed by atoms with E-state index in [1.165, 1.54) is 71.4 Å². The number of nitrogens with one attached hydrogen (secondary N) is 10. The summed E-state index contributed by atoms with van der Waals surface area (Å²) in [5, 5.41) is 51.2. The highest BCUT2D eigenvalue weighted by molar-refractivity contribution is 14.1. The molecule has 13 aromatic rings. The van der Waals surface area contributed by atoms with E-state index in [4.69, 9.17) is 4.84 Å². The topological polar surface area (TPSA) is 301 Å². The van der Waals surface area contributed by atoms with E-state index in [0.29, 0.717) is 41.6 Å². The van der Waals surface area contributed by atoms with Gasteiger partial charge in [-0.1, -0.05) is 129 Å². The van der Waals surface area contributed by atoms with Crippen molar-refractivity contribution in [2.75, 3.05) is 33.1 Å². The van der Waals surface area contributed by atoms with E-state index < -0.39 is 15.8 Å². The Kier molecular flexibility index (Phi) is 43.1. The van der Waals surface area contributed by atoms with Crippen LogP contribution in [0.3, 0.4) is 0 Å². The summed E-state index contributed by atoms with van der Waals surface area (Å²) in [5.41, 5.74) is 23.3. The number of non-ortho nitro benzene ring substituents is 2. The lowest BCUT2D eigenvalue weighted by atomic mass is 9.95. The number of unbranched alkanes of at least 4 members (excludes halogenated alkanes) is 2. The Morgan fingerprint density at radius 1 is 0.328 bits per heavy atom. The van der Waals surface area contributed by atoms with Crippen LogP contribution in [0.15, 0.2) is 261 Å². The van der Waals surface area contributed by atoms with E-state index in [2.05, 4.69) is 329 Å². The Bertz CT molecular complexity index is 6340. The zero-order chi connectivity index (χ0) is 96.5. The van der Waals surface area contributed by atoms with Crippen LogP contribution >= 0.6 is 181 Å². The summed E-state index contributed by atoms with van der Waals surface area (Å²) in [5.74, 6) is -1.02. The fraction of sp³-hybridized carbons (Fsp3) is 0.202. The summed E-state index contributed by atoms with van der Waals surface area (Å²) in [6.07, 6.45) is 9.20. The number of benzene rings is 13. The number of carbonyl (C=O) groups is 5. The summed E-state index contributed by atoms with van der Waals surface area (Å²) < 4.78 is 8.93. The molecule has 1 fully saturated rings. The fourth-order valence-electron chi connectivity index (χ4n) is 14.1. The van der Waals surface area contributed by atoms with Crippen LogP contribution < -0.4 is 53.3 Å². The van der Waals surface area contributed by atoms with Crippen LogP contribution in [0.4, 0.5) is 68.2 Å². The number of nitrogens with zero attached hydrogens (tertiary/aromatic N) is 2. The average Bonchev–Trinajstić information content (AvgIpc) is 0.786. The van der Waals surface area contributed by atoms with Crippen molar-refractivity contribution in [2.24, 2.45) is 0 Å². The number of carbonyl (C=O) groups excluding carboxylic acids is 5. The zero-order valence-electron chi connectivity index (χ0n) is 74.9. The molecule has 30 heteroatoms. The minimum atomic E-state index is -0.574. The number of nitro groups is 2. The molecule has 0 radical (unpaired) electrons. The molecule has 5 amide bonds. The number of nitro benzene ring substituents is 2. The highest BCUT2D eigenvalue weighted by Gasteiger charge is 2.24. The van der Waals surface area contributed by atoms with Gasteiger partial charge in [0.25, 0.3) is 40.9 Å². The number of hydroxylamine groups is 1. The maximum Gasteiger partial charge on any atom is 0.277 e. The Labute approximate surface area is 891 Å². The molecule has 0 bridgehead atoms. The first-order valence-electron chi connectivity index (χ1n) is 43.1. The van der Waals surface area contributed by atoms with Crippen molar-refractivity contribution in [3.8, 4) is 0 Å². The minimum absolute atomic E-state index is 0.0183. The number of anilines is 10. The normalized spacial score (nSPS) is 11.3. The van der Waals surface area contributed by atoms with Crippen molar-refractivity contribution in [3.63, 3.8) is 0 Å². The van der Waals surface area contributed by atoms with Gasteiger partial charge in [-0.3, -0.25) is 49.0 Å². The van der Waals surface area contributed by atoms with Gasteiger partial charge >= 0.3 is 0 Å². The van der Waals surface area contributed by atoms with Crippen LogP contribution in [0, 0.1) is 97.3 Å². The van der Waals surface area contributed by atoms with Crippen LogP contribution in [0.5, 0.6) is 0 Å². The van der Waals surface area contributed by atoms with Crippen LogP contribution in [-0.4, -0.2) is 52.0 Å². The number of aryl methyl sites for hydroxylation is 7. The standard InChI is InChI=1S/C22H20I2N2O.C22H20IN3O3.C21H18IN3O4.C20H22I2N2O.C19H22I2N2O/c1-14-4-3-5-16(10-14)13-25-22(27)19-12-18(24)7-9-21(19)26-20-8-6-17(23)11-15(20)2;1-14-4-3-5-16(10-14)13-24-22(27)19-12-18(26(28)29)7-9-21(19)25-20-8-6-17(23)11-15(20)2;1-14-11-16(22)7-9-19(14)23-20-10-8-17(25(27)28)12-18(20)21(26)24-29-13-15-5-3-2-4-6-15;1-13-11-14(21)7-9-18(13)24-19-10-8-15(22)12-17(19)20(25)23-16-5-3-2-4-6-16;1-3-4-5-10-22-19(24)16-12-15(21)7-9-18(16)23-17-8-6-14(20)11-13(17)2/h3-12,26H,13H2,1-2H3,(H,25,27);3-12,25H,13H2,1-2H3,(H,24,27);2-12,23H,13H2,1H3,(H,24,26);7-12,16,24H,2-6H2,1H3,(H,23,25);6-9,11-12,23H,3-5,10H2,1-2H3,(H,22,24). The predicted octanol–water partition coefficient (Wildman–Crippen LogP) is 28.7. The van der Waals surface area contributed by atoms with Gasteiger partial charge in [-0.15, -0.1) is 0 Å². The average molecular weight is 2700 g/mol. The number of hydrogen-bond donors (Lipinski definition) is 10. The van der Waals surface area contributed by atoms with Crippen LogP contribution in [-0.2, 0) is 24.5 Å². The SMILES string of the molecule is CCCCCNC(=O)c1cc(I)ccc1Nc1ccc(I)cc1C.Cc1cc(I)ccc1Nc1ccc(I)cc1C(=O)NC1CCCCC1.Cc1cc(I)ccc1Nc1ccc([N+](=O)[O-])cc1C(=O)NOCc1ccccc1.Cc1cccc(CNC(=O)c2cc(I)ccc2Nc2ccc(I)cc2C)c1.Cc1cccc(CNC(=O)c2cc([N+](=O)[O-])ccc2Nc2ccc(I)cc2C)c1. The highest BCUT2D eigenvalue weighted by Crippen LogP contribution is 2.35. The number of amides is 5. The van der Waals surface area contributed by atoms with Gasteiger partial charge in [0.1, 0.15) is 0 Å². The van der Waals surface area contributed by atoms with Crippen molar-refractivity contribution >= 4 is 279 Å². The Balaban J connectivity index is 0.000000174. The van der Waals surface area contributed by atoms with Crippen molar-refractivity contribution in [1.82, 2.24) is 26.7 Å². The van der Waals surface area contributed by atoms with E-state index in [0.717, 1.165) is 152 Å². The first kappa shape index (κ1) is 107. The van der Waals surface area contributed by atoms with Crippen molar-refractivity contribution in [3.05, 3.63) is 393 Å². The maximum atomic E-state index is 12.9. The summed E-state index contributed by atoms with van der Waals surface area (Å²) in [4.78, 5) is 90.4. The number of hydrogen-bond acceptors (Lipinski definition) is 15. The third-order valence-electron chi connectivity index (χ3n) is 21.2. The third kappa shape index (κ3) is 34.2. The van der Waals surface area contributed by atoms with E-state index >= 15 is 0 Å². The van der Waals surface area contributed by atoms with Crippen LogP contribution in [0.1, 0.15) is 166 Å². The molecule has 13 aromatic carbocycles. The van der Waals surface area contributed by atoms with Crippen LogP contribution in [0.2, 0.25) is 0 Å². The van der Waals surface area contributed by atoms with E-state index in [1.54, 1.807) is 6.07 Å². The highest BCUT2D eigenvalue weighted by atomic mass is 127. The summed E-state index contributed by atoms with van der Waals surface area (Å²) in [6.45, 7) is 18.1. The predicted molar refractivity (Wildman–Crippen MR) is 609 cm³/mol. The molecule has 1 aliphatic carbocycles. The van der Waals surface area contributed by atoms with Gasteiger partial charge in [0, 0.05) is 107 Å². The quantitative estimate of drug-likeness (QED) is 0.00902. The van der Waals surface area contributed by atoms with Gasteiger partial charge in [0.15, 0.2) is 0 Å². The molecule has 0 spiro atoms.